The molecule has 0 radical (unpaired) electrons. The van der Waals surface area contributed by atoms with Gasteiger partial charge in [-0.1, -0.05) is 29.8 Å². The number of nitrogens with zero attached hydrogens (tertiary/aromatic N) is 2. The third-order valence-electron chi connectivity index (χ3n) is 4.15. The number of hydrogen-bond acceptors (Lipinski definition) is 3. The minimum Gasteiger partial charge on any atom is -0.370 e. The van der Waals surface area contributed by atoms with Crippen LogP contribution in [-0.2, 0) is 5.54 Å². The predicted octanol–water partition coefficient (Wildman–Crippen LogP) is 2.76. The first-order valence-electron chi connectivity index (χ1n) is 6.63. The van der Waals surface area contributed by atoms with E-state index in [4.69, 9.17) is 17.3 Å². The van der Waals surface area contributed by atoms with Crippen molar-refractivity contribution in [3.8, 4) is 0 Å². The quantitative estimate of drug-likeness (QED) is 0.859. The van der Waals surface area contributed by atoms with Gasteiger partial charge >= 0.3 is 0 Å². The van der Waals surface area contributed by atoms with Crippen molar-refractivity contribution in [2.75, 3.05) is 13.1 Å². The number of benzene rings is 1. The Morgan fingerprint density at radius 3 is 2.68 bits per heavy atom. The fourth-order valence-electron chi connectivity index (χ4n) is 3.09. The first kappa shape index (κ1) is 12.5. The highest BCUT2D eigenvalue weighted by Crippen LogP contribution is 2.51. The molecule has 1 aromatic rings. The van der Waals surface area contributed by atoms with E-state index < -0.39 is 0 Å². The van der Waals surface area contributed by atoms with Crippen molar-refractivity contribution in [3.05, 3.63) is 47.5 Å². The molecule has 4 heteroatoms. The minimum atomic E-state index is -0.0944. The molecule has 1 aromatic carbocycles. The van der Waals surface area contributed by atoms with Gasteiger partial charge < -0.3 is 10.6 Å². The van der Waals surface area contributed by atoms with E-state index >= 15 is 0 Å². The summed E-state index contributed by atoms with van der Waals surface area (Å²) in [6.45, 7) is 5.30. The summed E-state index contributed by atoms with van der Waals surface area (Å²) in [7, 11) is 0. The molecule has 0 aromatic heterocycles. The maximum Gasteiger partial charge on any atom is 0.192 e. The first-order chi connectivity index (χ1) is 9.18. The topological polar surface area (TPSA) is 41.6 Å². The second-order valence-electron chi connectivity index (χ2n) is 5.28. The number of aliphatic imine (C=N–C) groups is 1. The van der Waals surface area contributed by atoms with Crippen LogP contribution in [0.3, 0.4) is 0 Å². The van der Waals surface area contributed by atoms with Crippen LogP contribution in [-0.4, -0.2) is 23.9 Å². The molecule has 1 aliphatic heterocycles. The van der Waals surface area contributed by atoms with Gasteiger partial charge in [0.1, 0.15) is 0 Å². The molecular weight excluding hydrogens is 258 g/mol. The Balaban J connectivity index is 2.04. The molecule has 0 bridgehead atoms. The Labute approximate surface area is 118 Å². The summed E-state index contributed by atoms with van der Waals surface area (Å²) in [5, 5.41) is 0.761. The van der Waals surface area contributed by atoms with Gasteiger partial charge in [0, 0.05) is 11.6 Å². The average Bonchev–Trinajstić information content (AvgIpc) is 3.20. The molecule has 3 nitrogen and oxygen atoms in total. The van der Waals surface area contributed by atoms with E-state index in [9.17, 15) is 0 Å². The summed E-state index contributed by atoms with van der Waals surface area (Å²) in [6, 6.07) is 8.10. The smallest absolute Gasteiger partial charge is 0.192 e. The van der Waals surface area contributed by atoms with Crippen LogP contribution in [0.25, 0.3) is 0 Å². The number of halogens is 1. The lowest BCUT2D eigenvalue weighted by atomic mass is 9.84. The monoisotopic (exact) mass is 275 g/mol. The van der Waals surface area contributed by atoms with Gasteiger partial charge in [-0.25, -0.2) is 0 Å². The number of hydrogen-bond donors (Lipinski definition) is 1. The van der Waals surface area contributed by atoms with E-state index in [1.165, 1.54) is 18.4 Å². The van der Waals surface area contributed by atoms with Gasteiger partial charge in [0.2, 0.25) is 0 Å². The predicted molar refractivity (Wildman–Crippen MR) is 79.2 cm³/mol. The number of nitrogens with two attached hydrogens (primary N) is 1. The summed E-state index contributed by atoms with van der Waals surface area (Å²) in [5.41, 5.74) is 7.24. The van der Waals surface area contributed by atoms with Crippen molar-refractivity contribution >= 4 is 17.6 Å². The standard InChI is InChI=1S/C15H18ClN3/c1-2-9-19-14(17)18-10-15(19,11-3-4-11)12-5-7-13(16)8-6-12/h2,5-8,11H,1,3-4,9-10H2,(H2,17,18). The van der Waals surface area contributed by atoms with Gasteiger partial charge in [-0.15, -0.1) is 6.58 Å². The lowest BCUT2D eigenvalue weighted by Gasteiger charge is -2.39. The van der Waals surface area contributed by atoms with E-state index in [2.05, 4.69) is 28.6 Å². The lowest BCUT2D eigenvalue weighted by molar-refractivity contribution is 0.185. The second-order valence-corrected chi connectivity index (χ2v) is 5.72. The van der Waals surface area contributed by atoms with E-state index in [1.807, 2.05) is 18.2 Å². The average molecular weight is 276 g/mol. The molecule has 2 aliphatic rings. The number of guanidine groups is 1. The summed E-state index contributed by atoms with van der Waals surface area (Å²) in [4.78, 5) is 6.68. The summed E-state index contributed by atoms with van der Waals surface area (Å²) < 4.78 is 0. The van der Waals surface area contributed by atoms with Crippen LogP contribution in [0, 0.1) is 5.92 Å². The Kier molecular flexibility index (Phi) is 3.02. The van der Waals surface area contributed by atoms with Crippen LogP contribution in [0.5, 0.6) is 0 Å². The zero-order chi connectivity index (χ0) is 13.5. The normalized spacial score (nSPS) is 26.4. The van der Waals surface area contributed by atoms with E-state index in [-0.39, 0.29) is 5.54 Å². The van der Waals surface area contributed by atoms with E-state index in [0.29, 0.717) is 11.9 Å². The maximum absolute atomic E-state index is 6.08. The molecule has 0 spiro atoms. The zero-order valence-corrected chi connectivity index (χ0v) is 11.6. The van der Waals surface area contributed by atoms with Gasteiger partial charge in [-0.05, 0) is 36.5 Å². The van der Waals surface area contributed by atoms with Crippen molar-refractivity contribution in [2.45, 2.75) is 18.4 Å². The number of rotatable bonds is 4. The Bertz CT molecular complexity index is 519. The van der Waals surface area contributed by atoms with Crippen LogP contribution < -0.4 is 5.73 Å². The van der Waals surface area contributed by atoms with Crippen LogP contribution in [0.1, 0.15) is 18.4 Å². The van der Waals surface area contributed by atoms with Crippen molar-refractivity contribution in [2.24, 2.45) is 16.6 Å². The van der Waals surface area contributed by atoms with Gasteiger partial charge in [0.05, 0.1) is 12.1 Å². The van der Waals surface area contributed by atoms with Crippen LogP contribution in [0.2, 0.25) is 5.02 Å². The van der Waals surface area contributed by atoms with Gasteiger partial charge in [0.25, 0.3) is 0 Å². The molecule has 3 rings (SSSR count). The molecule has 1 fully saturated rings. The molecule has 2 N–H and O–H groups in total. The highest BCUT2D eigenvalue weighted by molar-refractivity contribution is 6.30. The third kappa shape index (κ3) is 1.93. The molecule has 1 unspecified atom stereocenters. The van der Waals surface area contributed by atoms with E-state index in [0.717, 1.165) is 18.1 Å². The highest BCUT2D eigenvalue weighted by Gasteiger charge is 2.53. The lowest BCUT2D eigenvalue weighted by Crippen LogP contribution is -2.50. The summed E-state index contributed by atoms with van der Waals surface area (Å²) >= 11 is 6.00. The van der Waals surface area contributed by atoms with Crippen LogP contribution >= 0.6 is 11.6 Å². The summed E-state index contributed by atoms with van der Waals surface area (Å²) in [6.07, 6.45) is 4.36. The molecule has 100 valence electrons. The van der Waals surface area contributed by atoms with Crippen molar-refractivity contribution in [1.29, 1.82) is 0 Å². The molecule has 1 heterocycles. The largest absolute Gasteiger partial charge is 0.370 e. The Hall–Kier alpha value is -1.48. The van der Waals surface area contributed by atoms with Gasteiger partial charge in [-0.2, -0.15) is 0 Å². The maximum atomic E-state index is 6.08. The zero-order valence-electron chi connectivity index (χ0n) is 10.8. The van der Waals surface area contributed by atoms with Crippen molar-refractivity contribution in [3.63, 3.8) is 0 Å². The Morgan fingerprint density at radius 2 is 2.11 bits per heavy atom. The SMILES string of the molecule is C=CCN1C(N)=NCC1(c1ccc(Cl)cc1)C1CC1. The van der Waals surface area contributed by atoms with Crippen LogP contribution in [0.4, 0.5) is 0 Å². The second kappa shape index (κ2) is 4.57. The van der Waals surface area contributed by atoms with Crippen LogP contribution in [0.15, 0.2) is 41.9 Å². The van der Waals surface area contributed by atoms with Gasteiger partial charge in [0.15, 0.2) is 5.96 Å². The molecule has 0 amide bonds. The van der Waals surface area contributed by atoms with Gasteiger partial charge in [-0.3, -0.25) is 4.99 Å². The fraction of sp³-hybridized carbons (Fsp3) is 0.400. The Morgan fingerprint density at radius 1 is 1.42 bits per heavy atom. The first-order valence-corrected chi connectivity index (χ1v) is 7.01. The molecular formula is C15H18ClN3. The minimum absolute atomic E-state index is 0.0944. The van der Waals surface area contributed by atoms with Crippen molar-refractivity contribution < 1.29 is 0 Å². The fourth-order valence-corrected chi connectivity index (χ4v) is 3.22. The highest BCUT2D eigenvalue weighted by atomic mass is 35.5. The molecule has 1 saturated carbocycles. The van der Waals surface area contributed by atoms with E-state index in [1.54, 1.807) is 0 Å². The molecule has 19 heavy (non-hydrogen) atoms. The third-order valence-corrected chi connectivity index (χ3v) is 4.40. The molecule has 0 saturated heterocycles. The molecule has 1 atom stereocenters. The summed E-state index contributed by atoms with van der Waals surface area (Å²) in [5.74, 6) is 1.25. The van der Waals surface area contributed by atoms with Crippen molar-refractivity contribution in [1.82, 2.24) is 4.90 Å². The molecule has 1 aliphatic carbocycles.